The summed E-state index contributed by atoms with van der Waals surface area (Å²) < 4.78 is 5.34. The van der Waals surface area contributed by atoms with Crippen LogP contribution in [0.5, 0.6) is 0 Å². The van der Waals surface area contributed by atoms with Crippen molar-refractivity contribution < 1.29 is 9.53 Å². The molecular weight excluding hydrogens is 152 g/mol. The molecule has 0 saturated carbocycles. The highest BCUT2D eigenvalue weighted by atomic mass is 16.5. The highest BCUT2D eigenvalue weighted by Gasteiger charge is 2.30. The van der Waals surface area contributed by atoms with E-state index in [4.69, 9.17) is 4.74 Å². The first-order valence-electron chi connectivity index (χ1n) is 4.00. The summed E-state index contributed by atoms with van der Waals surface area (Å²) in [5.74, 6) is 0.0758. The van der Waals surface area contributed by atoms with Gasteiger partial charge in [-0.1, -0.05) is 18.2 Å². The average Bonchev–Trinajstić information content (AvgIpc) is 2.12. The first-order valence-corrected chi connectivity index (χ1v) is 4.00. The molecule has 0 amide bonds. The lowest BCUT2D eigenvalue weighted by Gasteiger charge is -2.26. The second-order valence-electron chi connectivity index (χ2n) is 3.06. The fraction of sp³-hybridized carbons (Fsp3) is 0.300. The van der Waals surface area contributed by atoms with Gasteiger partial charge in [0.1, 0.15) is 6.10 Å². The molecule has 2 aliphatic rings. The van der Waals surface area contributed by atoms with E-state index in [9.17, 15) is 4.79 Å². The molecule has 0 aromatic carbocycles. The van der Waals surface area contributed by atoms with Crippen molar-refractivity contribution in [1.29, 1.82) is 0 Å². The van der Waals surface area contributed by atoms with Gasteiger partial charge in [-0.25, -0.2) is 0 Å². The van der Waals surface area contributed by atoms with Crippen LogP contribution in [0.1, 0.15) is 6.92 Å². The molecule has 62 valence electrons. The Bertz CT molecular complexity index is 297. The van der Waals surface area contributed by atoms with Crippen LogP contribution in [0.3, 0.4) is 0 Å². The van der Waals surface area contributed by atoms with E-state index in [1.54, 1.807) is 13.2 Å². The molecule has 0 fully saturated rings. The summed E-state index contributed by atoms with van der Waals surface area (Å²) in [4.78, 5) is 11.5. The van der Waals surface area contributed by atoms with Gasteiger partial charge in [-0.15, -0.1) is 0 Å². The van der Waals surface area contributed by atoms with Crippen molar-refractivity contribution in [2.45, 2.75) is 13.0 Å². The summed E-state index contributed by atoms with van der Waals surface area (Å²) in [7, 11) is 0. The molecule has 12 heavy (non-hydrogen) atoms. The lowest BCUT2D eigenvalue weighted by molar-refractivity contribution is -0.121. The van der Waals surface area contributed by atoms with Crippen LogP contribution in [0.25, 0.3) is 0 Å². The molecule has 1 aliphatic heterocycles. The highest BCUT2D eigenvalue weighted by molar-refractivity contribution is 5.98. The summed E-state index contributed by atoms with van der Waals surface area (Å²) >= 11 is 0. The van der Waals surface area contributed by atoms with Crippen molar-refractivity contribution in [3.63, 3.8) is 0 Å². The topological polar surface area (TPSA) is 26.3 Å². The number of ketones is 1. The van der Waals surface area contributed by atoms with Crippen molar-refractivity contribution in [3.05, 3.63) is 36.1 Å². The molecule has 2 rings (SSSR count). The van der Waals surface area contributed by atoms with E-state index in [2.05, 4.69) is 0 Å². The highest BCUT2D eigenvalue weighted by Crippen LogP contribution is 2.24. The van der Waals surface area contributed by atoms with E-state index in [1.165, 1.54) is 0 Å². The molecule has 2 atom stereocenters. The Balaban J connectivity index is 2.33. The number of rotatable bonds is 0. The number of Topliss-reactive ketones (excluding diaryl/α,β-unsaturated/α-hetero) is 1. The second kappa shape index (κ2) is 2.63. The van der Waals surface area contributed by atoms with E-state index >= 15 is 0 Å². The van der Waals surface area contributed by atoms with Crippen LogP contribution in [0.4, 0.5) is 0 Å². The summed E-state index contributed by atoms with van der Waals surface area (Å²) in [6, 6.07) is 0. The molecule has 0 N–H and O–H groups in total. The van der Waals surface area contributed by atoms with Crippen molar-refractivity contribution in [2.24, 2.45) is 5.92 Å². The molecule has 0 aromatic heterocycles. The number of carbonyl (C=O) groups excluding carboxylic acids is 1. The third kappa shape index (κ3) is 0.998. The Hall–Kier alpha value is -1.31. The predicted molar refractivity (Wildman–Crippen MR) is 45.4 cm³/mol. The molecule has 2 heteroatoms. The Kier molecular flexibility index (Phi) is 1.61. The molecule has 1 aliphatic carbocycles. The Morgan fingerprint density at radius 3 is 2.92 bits per heavy atom. The van der Waals surface area contributed by atoms with Crippen molar-refractivity contribution >= 4 is 5.78 Å². The van der Waals surface area contributed by atoms with Gasteiger partial charge < -0.3 is 4.74 Å². The van der Waals surface area contributed by atoms with Gasteiger partial charge in [-0.3, -0.25) is 4.79 Å². The Labute approximate surface area is 71.2 Å². The summed E-state index contributed by atoms with van der Waals surface area (Å²) in [6.45, 7) is 1.78. The zero-order valence-corrected chi connectivity index (χ0v) is 6.86. The molecular formula is C10H10O2. The SMILES string of the molecule is CC1=COC2C=CC=CC2C1=O. The van der Waals surface area contributed by atoms with Gasteiger partial charge in [-0.2, -0.15) is 0 Å². The minimum atomic E-state index is -0.0972. The van der Waals surface area contributed by atoms with Crippen molar-refractivity contribution in [3.8, 4) is 0 Å². The Morgan fingerprint density at radius 2 is 2.08 bits per heavy atom. The third-order valence-electron chi connectivity index (χ3n) is 2.18. The third-order valence-corrected chi connectivity index (χ3v) is 2.18. The van der Waals surface area contributed by atoms with Crippen LogP contribution >= 0.6 is 0 Å². The van der Waals surface area contributed by atoms with E-state index in [0.717, 1.165) is 0 Å². The van der Waals surface area contributed by atoms with Gasteiger partial charge in [-0.05, 0) is 13.0 Å². The quantitative estimate of drug-likeness (QED) is 0.540. The largest absolute Gasteiger partial charge is 0.492 e. The maximum absolute atomic E-state index is 11.5. The van der Waals surface area contributed by atoms with E-state index in [-0.39, 0.29) is 17.8 Å². The maximum atomic E-state index is 11.5. The maximum Gasteiger partial charge on any atom is 0.172 e. The number of fused-ring (bicyclic) bond motifs is 1. The van der Waals surface area contributed by atoms with Crippen LogP contribution in [0.15, 0.2) is 36.1 Å². The van der Waals surface area contributed by atoms with Crippen LogP contribution in [0.2, 0.25) is 0 Å². The molecule has 2 nitrogen and oxygen atoms in total. The van der Waals surface area contributed by atoms with Gasteiger partial charge in [0.05, 0.1) is 12.2 Å². The lowest BCUT2D eigenvalue weighted by Crippen LogP contribution is -2.32. The van der Waals surface area contributed by atoms with Crippen LogP contribution in [-0.2, 0) is 9.53 Å². The van der Waals surface area contributed by atoms with E-state index in [1.807, 2.05) is 24.3 Å². The van der Waals surface area contributed by atoms with Crippen LogP contribution < -0.4 is 0 Å². The van der Waals surface area contributed by atoms with Gasteiger partial charge in [0.2, 0.25) is 0 Å². The first-order chi connectivity index (χ1) is 5.79. The van der Waals surface area contributed by atoms with Crippen molar-refractivity contribution in [1.82, 2.24) is 0 Å². The van der Waals surface area contributed by atoms with Crippen LogP contribution in [0, 0.1) is 5.92 Å². The summed E-state index contributed by atoms with van der Waals surface area (Å²) in [6.07, 6.45) is 9.07. The number of ether oxygens (including phenoxy) is 1. The monoisotopic (exact) mass is 162 g/mol. The zero-order chi connectivity index (χ0) is 8.55. The summed E-state index contributed by atoms with van der Waals surface area (Å²) in [5.41, 5.74) is 0.705. The number of carbonyl (C=O) groups is 1. The molecule has 0 radical (unpaired) electrons. The van der Waals surface area contributed by atoms with Gasteiger partial charge >= 0.3 is 0 Å². The Morgan fingerprint density at radius 1 is 1.33 bits per heavy atom. The molecule has 1 heterocycles. The number of allylic oxidation sites excluding steroid dienone is 3. The van der Waals surface area contributed by atoms with E-state index < -0.39 is 0 Å². The number of hydrogen-bond acceptors (Lipinski definition) is 2. The van der Waals surface area contributed by atoms with Gasteiger partial charge in [0.25, 0.3) is 0 Å². The second-order valence-corrected chi connectivity index (χ2v) is 3.06. The zero-order valence-electron chi connectivity index (χ0n) is 6.86. The first kappa shape index (κ1) is 7.35. The normalized spacial score (nSPS) is 32.4. The minimum absolute atomic E-state index is 0.0776. The molecule has 0 aromatic rings. The fourth-order valence-corrected chi connectivity index (χ4v) is 1.45. The van der Waals surface area contributed by atoms with Crippen molar-refractivity contribution in [2.75, 3.05) is 0 Å². The number of hydrogen-bond donors (Lipinski definition) is 0. The molecule has 2 unspecified atom stereocenters. The van der Waals surface area contributed by atoms with Gasteiger partial charge in [0, 0.05) is 5.57 Å². The average molecular weight is 162 g/mol. The van der Waals surface area contributed by atoms with E-state index in [0.29, 0.717) is 5.57 Å². The standard InChI is InChI=1S/C10H10O2/c1-7-6-12-9-5-3-2-4-8(9)10(7)11/h2-6,8-9H,1H3. The molecule has 0 saturated heterocycles. The van der Waals surface area contributed by atoms with Crippen LogP contribution in [-0.4, -0.2) is 11.9 Å². The predicted octanol–water partition coefficient (Wildman–Crippen LogP) is 1.60. The summed E-state index contributed by atoms with van der Waals surface area (Å²) in [5, 5.41) is 0. The molecule has 0 bridgehead atoms. The molecule has 0 spiro atoms. The fourth-order valence-electron chi connectivity index (χ4n) is 1.45. The minimum Gasteiger partial charge on any atom is -0.492 e. The smallest absolute Gasteiger partial charge is 0.172 e. The lowest BCUT2D eigenvalue weighted by atomic mass is 9.88. The van der Waals surface area contributed by atoms with Gasteiger partial charge in [0.15, 0.2) is 5.78 Å².